The molecule has 1 N–H and O–H groups in total. The van der Waals surface area contributed by atoms with Crippen LogP contribution in [0.3, 0.4) is 0 Å². The highest BCUT2D eigenvalue weighted by molar-refractivity contribution is 5.66. The number of hydrogen-bond acceptors (Lipinski definition) is 2. The van der Waals surface area contributed by atoms with Gasteiger partial charge in [0.2, 0.25) is 1.43 Å². The molecule has 1 unspecified atom stereocenters. The Morgan fingerprint density at radius 2 is 2.07 bits per heavy atom. The molecule has 1 aliphatic rings. The maximum absolute atomic E-state index is 11.7. The minimum atomic E-state index is -1.39. The Morgan fingerprint density at radius 1 is 1.40 bits per heavy atom. The van der Waals surface area contributed by atoms with E-state index in [1.54, 1.807) is 24.3 Å². The quantitative estimate of drug-likeness (QED) is 0.767. The first kappa shape index (κ1) is 8.05. The normalized spacial score (nSPS) is 22.9. The van der Waals surface area contributed by atoms with Crippen molar-refractivity contribution in [2.75, 3.05) is 0 Å². The number of aldehydes is 1. The van der Waals surface area contributed by atoms with Crippen molar-refractivity contribution in [3.05, 3.63) is 35.9 Å². The van der Waals surface area contributed by atoms with Gasteiger partial charge in [0.25, 0.3) is 0 Å². The molecular formula is C13H16O2. The smallest absolute Gasteiger partial charge is 0.212 e. The zero-order chi connectivity index (χ0) is 12.3. The van der Waals surface area contributed by atoms with Gasteiger partial charge < -0.3 is 5.11 Å². The van der Waals surface area contributed by atoms with Crippen LogP contribution in [0.2, 0.25) is 0 Å². The third-order valence-electron chi connectivity index (χ3n) is 3.28. The van der Waals surface area contributed by atoms with Crippen molar-refractivity contribution in [3.63, 3.8) is 0 Å². The first-order valence-corrected chi connectivity index (χ1v) is 5.42. The van der Waals surface area contributed by atoms with Crippen LogP contribution in [0, 0.1) is 5.92 Å². The lowest BCUT2D eigenvalue weighted by Crippen LogP contribution is -2.35. The van der Waals surface area contributed by atoms with Crippen molar-refractivity contribution in [1.29, 1.82) is 1.43 Å². The molecule has 15 heavy (non-hydrogen) atoms. The zero-order valence-electron chi connectivity index (χ0n) is 10.6. The van der Waals surface area contributed by atoms with Gasteiger partial charge >= 0.3 is 0 Å². The van der Waals surface area contributed by atoms with Crippen LogP contribution < -0.4 is 0 Å². The average Bonchev–Trinajstić information content (AvgIpc) is 2.86. The molecule has 2 nitrogen and oxygen atoms in total. The third-order valence-corrected chi connectivity index (χ3v) is 3.28. The van der Waals surface area contributed by atoms with Gasteiger partial charge in [0.15, 0.2) is 6.26 Å². The number of aliphatic hydroxyl groups is 1. The lowest BCUT2D eigenvalue weighted by molar-refractivity contribution is -0.130. The summed E-state index contributed by atoms with van der Waals surface area (Å²) >= 11 is 0. The maximum atomic E-state index is 11.7. The Labute approximate surface area is 92.8 Å². The van der Waals surface area contributed by atoms with Gasteiger partial charge in [0, 0.05) is 0 Å². The first-order valence-electron chi connectivity index (χ1n) is 6.33. The second kappa shape index (κ2) is 4.15. The molecule has 1 aliphatic carbocycles. The molecule has 1 saturated carbocycles. The van der Waals surface area contributed by atoms with Crippen LogP contribution >= 0.6 is 0 Å². The van der Waals surface area contributed by atoms with Gasteiger partial charge in [0.05, 0.1) is 0 Å². The minimum Gasteiger partial charge on any atom is -0.377 e. The molecule has 2 heteroatoms. The van der Waals surface area contributed by atoms with E-state index >= 15 is 0 Å². The standard InChI is InChI=1S/C13H16O2/c14-10-13(15,12-8-4-5-9-12)11-6-2-1-3-7-11/h1-3,6-7,10,12,15H,4-5,8-9H2/i10D,15D. The van der Waals surface area contributed by atoms with Crippen molar-refractivity contribution in [2.45, 2.75) is 31.3 Å². The third kappa shape index (κ3) is 1.82. The van der Waals surface area contributed by atoms with Gasteiger partial charge in [-0.05, 0) is 24.3 Å². The van der Waals surface area contributed by atoms with Crippen LogP contribution in [-0.2, 0) is 10.4 Å². The second-order valence-corrected chi connectivity index (χ2v) is 4.19. The summed E-state index contributed by atoms with van der Waals surface area (Å²) in [7, 11) is 0. The van der Waals surface area contributed by atoms with Crippen LogP contribution in [0.5, 0.6) is 0 Å². The van der Waals surface area contributed by atoms with Gasteiger partial charge in [0.1, 0.15) is 6.97 Å². The van der Waals surface area contributed by atoms with E-state index in [0.29, 0.717) is 5.56 Å². The van der Waals surface area contributed by atoms with E-state index in [9.17, 15) is 4.79 Å². The SMILES string of the molecule is [2H]OC(C([2H])=O)(c1ccccc1)C1CCCC1. The first-order chi connectivity index (χ1) is 8.21. The molecule has 1 atom stereocenters. The van der Waals surface area contributed by atoms with Crippen molar-refractivity contribution < 1.29 is 11.3 Å². The maximum Gasteiger partial charge on any atom is 0.212 e. The summed E-state index contributed by atoms with van der Waals surface area (Å²) in [5.41, 5.74) is -0.764. The summed E-state index contributed by atoms with van der Waals surface area (Å²) in [5, 5.41) is 4.78. The molecule has 0 amide bonds. The van der Waals surface area contributed by atoms with E-state index in [2.05, 4.69) is 0 Å². The number of carbonyl (C=O) groups is 1. The van der Waals surface area contributed by atoms with Crippen LogP contribution in [0.4, 0.5) is 0 Å². The molecule has 1 aromatic carbocycles. The molecule has 0 heterocycles. The van der Waals surface area contributed by atoms with E-state index < -0.39 is 11.9 Å². The highest BCUT2D eigenvalue weighted by atomic mass is 16.3. The molecule has 0 radical (unpaired) electrons. The van der Waals surface area contributed by atoms with Gasteiger partial charge in [-0.3, -0.25) is 4.79 Å². The molecule has 0 bridgehead atoms. The molecule has 1 aromatic rings. The fourth-order valence-electron chi connectivity index (χ4n) is 2.40. The second-order valence-electron chi connectivity index (χ2n) is 4.19. The number of rotatable bonds is 4. The molecule has 0 aliphatic heterocycles. The van der Waals surface area contributed by atoms with Crippen LogP contribution in [0.15, 0.2) is 30.3 Å². The summed E-state index contributed by atoms with van der Waals surface area (Å²) < 4.78 is 14.8. The highest BCUT2D eigenvalue weighted by Crippen LogP contribution is 2.39. The fourth-order valence-corrected chi connectivity index (χ4v) is 2.40. The summed E-state index contributed by atoms with van der Waals surface area (Å²) in [4.78, 5) is 11.7. The van der Waals surface area contributed by atoms with Crippen molar-refractivity contribution >= 4 is 6.26 Å². The van der Waals surface area contributed by atoms with E-state index in [4.69, 9.17) is 7.91 Å². The van der Waals surface area contributed by atoms with Gasteiger partial charge in [-0.2, -0.15) is 0 Å². The van der Waals surface area contributed by atoms with E-state index in [1.807, 2.05) is 6.07 Å². The minimum absolute atomic E-state index is 0.0487. The summed E-state index contributed by atoms with van der Waals surface area (Å²) in [5.74, 6) is -0.0487. The molecule has 0 aromatic heterocycles. The number of carbonyl (C=O) groups excluding carboxylic acids is 1. The summed E-state index contributed by atoms with van der Waals surface area (Å²) in [6.07, 6.45) is 2.95. The summed E-state index contributed by atoms with van der Waals surface area (Å²) in [6, 6.07) is 8.99. The predicted octanol–water partition coefficient (Wildman–Crippen LogP) is 2.26. The number of benzene rings is 1. The van der Waals surface area contributed by atoms with Gasteiger partial charge in [-0.1, -0.05) is 43.2 Å². The lowest BCUT2D eigenvalue weighted by atomic mass is 9.81. The Hall–Kier alpha value is -1.15. The molecule has 80 valence electrons. The zero-order valence-corrected chi connectivity index (χ0v) is 8.61. The van der Waals surface area contributed by atoms with E-state index in [0.717, 1.165) is 25.7 Å². The Morgan fingerprint density at radius 3 is 2.60 bits per heavy atom. The molecule has 1 fully saturated rings. The largest absolute Gasteiger partial charge is 0.377 e. The van der Waals surface area contributed by atoms with Crippen LogP contribution in [0.1, 0.15) is 32.6 Å². The Bertz CT molecular complexity index is 388. The van der Waals surface area contributed by atoms with Gasteiger partial charge in [-0.15, -0.1) is 0 Å². The van der Waals surface area contributed by atoms with E-state index in [-0.39, 0.29) is 5.92 Å². The Balaban J connectivity index is 2.45. The van der Waals surface area contributed by atoms with Crippen LogP contribution in [-0.4, -0.2) is 12.8 Å². The predicted molar refractivity (Wildman–Crippen MR) is 58.4 cm³/mol. The van der Waals surface area contributed by atoms with Crippen molar-refractivity contribution in [2.24, 2.45) is 5.92 Å². The lowest BCUT2D eigenvalue weighted by Gasteiger charge is -2.28. The van der Waals surface area contributed by atoms with Crippen LogP contribution in [0.25, 0.3) is 0 Å². The molecule has 0 spiro atoms. The summed E-state index contributed by atoms with van der Waals surface area (Å²) in [6.45, 7) is 0. The molecular weight excluding hydrogens is 188 g/mol. The van der Waals surface area contributed by atoms with Gasteiger partial charge in [-0.25, -0.2) is 0 Å². The average molecular weight is 206 g/mol. The van der Waals surface area contributed by atoms with Crippen molar-refractivity contribution in [3.8, 4) is 0 Å². The van der Waals surface area contributed by atoms with E-state index in [1.165, 1.54) is 0 Å². The Kier molecular flexibility index (Phi) is 2.23. The molecule has 0 saturated heterocycles. The number of hydrogen-bond donors (Lipinski definition) is 1. The topological polar surface area (TPSA) is 37.3 Å². The monoisotopic (exact) mass is 206 g/mol. The van der Waals surface area contributed by atoms with Crippen molar-refractivity contribution in [1.82, 2.24) is 0 Å². The molecule has 2 rings (SSSR count). The fraction of sp³-hybridized carbons (Fsp3) is 0.462. The highest BCUT2D eigenvalue weighted by Gasteiger charge is 2.39.